The standard InChI is InChI=1S/C7H14O5/c1-3-5(9)6(10)4(2-8)12-7(3)11/h3-11H,2H2,1H3/t3-,4?,5?,6+,7+/m1/s1. The summed E-state index contributed by atoms with van der Waals surface area (Å²) in [6.07, 6.45) is -4.20. The number of hydrogen-bond acceptors (Lipinski definition) is 5. The molecule has 0 aromatic carbocycles. The molecular formula is C7H14O5. The van der Waals surface area contributed by atoms with Gasteiger partial charge in [0.05, 0.1) is 12.7 Å². The van der Waals surface area contributed by atoms with Crippen LogP contribution in [0.3, 0.4) is 0 Å². The number of ether oxygens (including phenoxy) is 1. The molecule has 72 valence electrons. The van der Waals surface area contributed by atoms with Crippen molar-refractivity contribution in [2.75, 3.05) is 6.61 Å². The molecule has 0 saturated carbocycles. The highest BCUT2D eigenvalue weighted by atomic mass is 16.6. The Morgan fingerprint density at radius 1 is 1.17 bits per heavy atom. The lowest BCUT2D eigenvalue weighted by Crippen LogP contribution is -2.54. The Balaban J connectivity index is 2.63. The van der Waals surface area contributed by atoms with E-state index in [1.54, 1.807) is 6.92 Å². The molecule has 1 aliphatic rings. The molecule has 5 atom stereocenters. The highest BCUT2D eigenvalue weighted by Crippen LogP contribution is 2.23. The van der Waals surface area contributed by atoms with Crippen molar-refractivity contribution in [2.24, 2.45) is 5.92 Å². The SMILES string of the molecule is C[C@@H]1C(O)[C@@H](O)C(CO)O[C@@H]1O. The largest absolute Gasteiger partial charge is 0.394 e. The van der Waals surface area contributed by atoms with Crippen LogP contribution in [0.4, 0.5) is 0 Å². The van der Waals surface area contributed by atoms with Crippen molar-refractivity contribution in [1.29, 1.82) is 0 Å². The number of aliphatic hydroxyl groups excluding tert-OH is 4. The maximum absolute atomic E-state index is 9.32. The van der Waals surface area contributed by atoms with Gasteiger partial charge in [-0.15, -0.1) is 0 Å². The summed E-state index contributed by atoms with van der Waals surface area (Å²) in [4.78, 5) is 0. The fraction of sp³-hybridized carbons (Fsp3) is 1.00. The van der Waals surface area contributed by atoms with Gasteiger partial charge in [0.15, 0.2) is 6.29 Å². The Morgan fingerprint density at radius 3 is 2.25 bits per heavy atom. The molecule has 1 heterocycles. The first kappa shape index (κ1) is 9.88. The Morgan fingerprint density at radius 2 is 1.75 bits per heavy atom. The van der Waals surface area contributed by atoms with Gasteiger partial charge in [0.25, 0.3) is 0 Å². The molecule has 1 aliphatic heterocycles. The van der Waals surface area contributed by atoms with Gasteiger partial charge >= 0.3 is 0 Å². The average molecular weight is 178 g/mol. The van der Waals surface area contributed by atoms with E-state index in [4.69, 9.17) is 14.9 Å². The van der Waals surface area contributed by atoms with E-state index in [0.29, 0.717) is 0 Å². The van der Waals surface area contributed by atoms with E-state index in [1.807, 2.05) is 0 Å². The van der Waals surface area contributed by atoms with Gasteiger partial charge in [0, 0.05) is 5.92 Å². The smallest absolute Gasteiger partial charge is 0.160 e. The number of hydrogen-bond donors (Lipinski definition) is 4. The first-order chi connectivity index (χ1) is 5.57. The summed E-state index contributed by atoms with van der Waals surface area (Å²) < 4.78 is 4.83. The Bertz CT molecular complexity index is 146. The van der Waals surface area contributed by atoms with Gasteiger partial charge in [-0.1, -0.05) is 6.92 Å². The van der Waals surface area contributed by atoms with Crippen LogP contribution in [-0.2, 0) is 4.74 Å². The van der Waals surface area contributed by atoms with Gasteiger partial charge < -0.3 is 25.2 Å². The maximum Gasteiger partial charge on any atom is 0.160 e. The molecule has 4 N–H and O–H groups in total. The lowest BCUT2D eigenvalue weighted by atomic mass is 9.93. The lowest BCUT2D eigenvalue weighted by Gasteiger charge is -2.38. The molecule has 1 fully saturated rings. The van der Waals surface area contributed by atoms with E-state index >= 15 is 0 Å². The van der Waals surface area contributed by atoms with E-state index in [2.05, 4.69) is 0 Å². The van der Waals surface area contributed by atoms with Crippen LogP contribution >= 0.6 is 0 Å². The van der Waals surface area contributed by atoms with Crippen molar-refractivity contribution < 1.29 is 25.2 Å². The second-order valence-corrected chi connectivity index (χ2v) is 3.09. The first-order valence-corrected chi connectivity index (χ1v) is 3.88. The van der Waals surface area contributed by atoms with Gasteiger partial charge in [0.1, 0.15) is 12.2 Å². The molecule has 0 amide bonds. The monoisotopic (exact) mass is 178 g/mol. The highest BCUT2D eigenvalue weighted by Gasteiger charge is 2.40. The Hall–Kier alpha value is -0.200. The molecule has 1 rings (SSSR count). The molecule has 12 heavy (non-hydrogen) atoms. The third-order valence-corrected chi connectivity index (χ3v) is 2.21. The van der Waals surface area contributed by atoms with Crippen molar-refractivity contribution in [1.82, 2.24) is 0 Å². The normalized spacial score (nSPS) is 49.2. The minimum atomic E-state index is -1.13. The molecule has 1 saturated heterocycles. The fourth-order valence-corrected chi connectivity index (χ4v) is 1.23. The number of rotatable bonds is 1. The molecule has 0 aromatic heterocycles. The summed E-state index contributed by atoms with van der Waals surface area (Å²) in [5.41, 5.74) is 0. The van der Waals surface area contributed by atoms with E-state index in [0.717, 1.165) is 0 Å². The van der Waals surface area contributed by atoms with Crippen LogP contribution in [0.1, 0.15) is 6.92 Å². The van der Waals surface area contributed by atoms with E-state index in [1.165, 1.54) is 0 Å². The van der Waals surface area contributed by atoms with Crippen LogP contribution in [0.25, 0.3) is 0 Å². The molecule has 0 aliphatic carbocycles. The molecule has 0 aromatic rings. The molecule has 0 bridgehead atoms. The molecule has 5 heteroatoms. The summed E-state index contributed by atoms with van der Waals surface area (Å²) in [7, 11) is 0. The van der Waals surface area contributed by atoms with Gasteiger partial charge in [-0.2, -0.15) is 0 Å². The molecular weight excluding hydrogens is 164 g/mol. The molecule has 0 radical (unpaired) electrons. The predicted octanol–water partition coefficient (Wildman–Crippen LogP) is -1.95. The second kappa shape index (κ2) is 3.68. The van der Waals surface area contributed by atoms with Gasteiger partial charge in [-0.3, -0.25) is 0 Å². The Kier molecular flexibility index (Phi) is 3.03. The van der Waals surface area contributed by atoms with Crippen LogP contribution in [-0.4, -0.2) is 51.6 Å². The number of aliphatic hydroxyl groups is 4. The predicted molar refractivity (Wildman–Crippen MR) is 39.1 cm³/mol. The van der Waals surface area contributed by atoms with Crippen molar-refractivity contribution in [3.63, 3.8) is 0 Å². The zero-order valence-corrected chi connectivity index (χ0v) is 6.79. The summed E-state index contributed by atoms with van der Waals surface area (Å²) in [6.45, 7) is 1.15. The summed E-state index contributed by atoms with van der Waals surface area (Å²) in [6, 6.07) is 0. The molecule has 0 spiro atoms. The molecule has 5 nitrogen and oxygen atoms in total. The van der Waals surface area contributed by atoms with Crippen LogP contribution < -0.4 is 0 Å². The van der Waals surface area contributed by atoms with Crippen LogP contribution in [0.15, 0.2) is 0 Å². The van der Waals surface area contributed by atoms with Crippen molar-refractivity contribution in [3.05, 3.63) is 0 Å². The van der Waals surface area contributed by atoms with Crippen molar-refractivity contribution in [3.8, 4) is 0 Å². The fourth-order valence-electron chi connectivity index (χ4n) is 1.23. The van der Waals surface area contributed by atoms with E-state index in [-0.39, 0.29) is 0 Å². The first-order valence-electron chi connectivity index (χ1n) is 3.88. The third kappa shape index (κ3) is 1.60. The average Bonchev–Trinajstić information content (AvgIpc) is 2.08. The lowest BCUT2D eigenvalue weighted by molar-refractivity contribution is -0.266. The quantitative estimate of drug-likeness (QED) is 0.375. The van der Waals surface area contributed by atoms with Gasteiger partial charge in [-0.25, -0.2) is 0 Å². The Labute approximate surface area is 70.2 Å². The highest BCUT2D eigenvalue weighted by molar-refractivity contribution is 4.86. The minimum absolute atomic E-state index is 0.415. The summed E-state index contributed by atoms with van der Waals surface area (Å²) >= 11 is 0. The van der Waals surface area contributed by atoms with Gasteiger partial charge in [-0.05, 0) is 0 Å². The zero-order valence-electron chi connectivity index (χ0n) is 6.79. The van der Waals surface area contributed by atoms with Crippen molar-refractivity contribution in [2.45, 2.75) is 31.5 Å². The van der Waals surface area contributed by atoms with E-state index in [9.17, 15) is 10.2 Å². The summed E-state index contributed by atoms with van der Waals surface area (Å²) in [5, 5.41) is 36.4. The maximum atomic E-state index is 9.32. The third-order valence-electron chi connectivity index (χ3n) is 2.21. The summed E-state index contributed by atoms with van der Waals surface area (Å²) in [5.74, 6) is -0.539. The minimum Gasteiger partial charge on any atom is -0.394 e. The van der Waals surface area contributed by atoms with Crippen molar-refractivity contribution >= 4 is 0 Å². The topological polar surface area (TPSA) is 90.2 Å². The van der Waals surface area contributed by atoms with Gasteiger partial charge in [0.2, 0.25) is 0 Å². The second-order valence-electron chi connectivity index (χ2n) is 3.09. The van der Waals surface area contributed by atoms with E-state index < -0.39 is 37.1 Å². The van der Waals surface area contributed by atoms with Crippen LogP contribution in [0.2, 0.25) is 0 Å². The van der Waals surface area contributed by atoms with Crippen LogP contribution in [0, 0.1) is 5.92 Å². The molecule has 2 unspecified atom stereocenters. The van der Waals surface area contributed by atoms with Crippen LogP contribution in [0.5, 0.6) is 0 Å². The zero-order chi connectivity index (χ0) is 9.30.